The Morgan fingerprint density at radius 2 is 1.72 bits per heavy atom. The second-order valence-electron chi connectivity index (χ2n) is 9.61. The Labute approximate surface area is 208 Å². The Bertz CT molecular complexity index is 1430. The number of likely N-dealkylation sites (tertiary alicyclic amines) is 1. The van der Waals surface area contributed by atoms with E-state index in [1.807, 2.05) is 23.1 Å². The van der Waals surface area contributed by atoms with Crippen molar-refractivity contribution in [2.75, 3.05) is 19.6 Å². The number of carbonyl (C=O) groups is 2. The van der Waals surface area contributed by atoms with Gasteiger partial charge in [0, 0.05) is 57.7 Å². The highest BCUT2D eigenvalue weighted by atomic mass is 16.2. The van der Waals surface area contributed by atoms with Crippen LogP contribution in [0.1, 0.15) is 24.0 Å². The van der Waals surface area contributed by atoms with E-state index in [1.165, 1.54) is 23.4 Å². The summed E-state index contributed by atoms with van der Waals surface area (Å²) in [5.41, 5.74) is 2.27. The molecule has 10 heteroatoms. The maximum atomic E-state index is 13.1. The summed E-state index contributed by atoms with van der Waals surface area (Å²) in [6.45, 7) is 1.59. The van der Waals surface area contributed by atoms with Gasteiger partial charge in [-0.2, -0.15) is 5.10 Å². The number of carbonyl (C=O) groups excluding carboxylic acids is 2. The van der Waals surface area contributed by atoms with E-state index < -0.39 is 11.2 Å². The van der Waals surface area contributed by atoms with Crippen LogP contribution in [0.5, 0.6) is 0 Å². The lowest BCUT2D eigenvalue weighted by Crippen LogP contribution is -2.50. The van der Waals surface area contributed by atoms with E-state index in [9.17, 15) is 19.2 Å². The largest absolute Gasteiger partial charge is 0.341 e. The first-order valence-electron chi connectivity index (χ1n) is 12.3. The molecule has 1 saturated heterocycles. The number of piperidine rings is 1. The molecule has 0 N–H and O–H groups in total. The van der Waals surface area contributed by atoms with Gasteiger partial charge >= 0.3 is 5.69 Å². The number of rotatable bonds is 4. The van der Waals surface area contributed by atoms with Crippen LogP contribution in [0.2, 0.25) is 0 Å². The number of hydrogen-bond acceptors (Lipinski definition) is 5. The molecule has 2 aromatic heterocycles. The number of aryl methyl sites for hydroxylation is 1. The Hall–Kier alpha value is -3.95. The summed E-state index contributed by atoms with van der Waals surface area (Å²) >= 11 is 0. The summed E-state index contributed by atoms with van der Waals surface area (Å²) in [6.07, 6.45) is 7.37. The molecule has 0 saturated carbocycles. The van der Waals surface area contributed by atoms with Crippen LogP contribution >= 0.6 is 0 Å². The molecule has 0 bridgehead atoms. The summed E-state index contributed by atoms with van der Waals surface area (Å²) in [5.74, 6) is -0.0367. The van der Waals surface area contributed by atoms with Gasteiger partial charge in [-0.25, -0.2) is 4.79 Å². The van der Waals surface area contributed by atoms with Crippen LogP contribution in [0.4, 0.5) is 0 Å². The molecule has 0 aliphatic carbocycles. The number of amides is 2. The van der Waals surface area contributed by atoms with Crippen molar-refractivity contribution < 1.29 is 9.59 Å². The maximum absolute atomic E-state index is 13.1. The SMILES string of the molecule is Cn1cc(-c2cn(CC(=O)N3CCC(N4CCc5ccccc5CC4=O)CC3)c(=O)n(C)c2=O)cn1. The summed E-state index contributed by atoms with van der Waals surface area (Å²) in [5, 5.41) is 4.10. The zero-order valence-corrected chi connectivity index (χ0v) is 20.6. The average Bonchev–Trinajstić information content (AvgIpc) is 3.23. The van der Waals surface area contributed by atoms with Crippen LogP contribution in [-0.2, 0) is 43.1 Å². The van der Waals surface area contributed by atoms with Crippen molar-refractivity contribution in [3.05, 3.63) is 74.8 Å². The predicted molar refractivity (Wildman–Crippen MR) is 133 cm³/mol. The minimum atomic E-state index is -0.536. The first-order chi connectivity index (χ1) is 17.3. The Balaban J connectivity index is 1.25. The number of aromatic nitrogens is 4. The van der Waals surface area contributed by atoms with Gasteiger partial charge in [0.15, 0.2) is 0 Å². The molecular formula is C26H30N6O4. The smallest absolute Gasteiger partial charge is 0.331 e. The van der Waals surface area contributed by atoms with Crippen molar-refractivity contribution in [2.24, 2.45) is 14.1 Å². The monoisotopic (exact) mass is 490 g/mol. The van der Waals surface area contributed by atoms with Gasteiger partial charge in [0.05, 0.1) is 18.2 Å². The molecule has 5 rings (SSSR count). The third-order valence-corrected chi connectivity index (χ3v) is 7.33. The van der Waals surface area contributed by atoms with E-state index in [0.29, 0.717) is 50.0 Å². The molecule has 2 amide bonds. The Morgan fingerprint density at radius 1 is 1.00 bits per heavy atom. The fourth-order valence-corrected chi connectivity index (χ4v) is 5.26. The molecule has 0 radical (unpaired) electrons. The maximum Gasteiger partial charge on any atom is 0.331 e. The highest BCUT2D eigenvalue weighted by Crippen LogP contribution is 2.23. The normalized spacial score (nSPS) is 16.7. The zero-order chi connectivity index (χ0) is 25.4. The molecule has 188 valence electrons. The van der Waals surface area contributed by atoms with Gasteiger partial charge in [-0.15, -0.1) is 0 Å². The third kappa shape index (κ3) is 4.50. The minimum absolute atomic E-state index is 0.105. The molecule has 2 aliphatic heterocycles. The fraction of sp³-hybridized carbons (Fsp3) is 0.423. The van der Waals surface area contributed by atoms with Gasteiger partial charge in [-0.3, -0.25) is 28.2 Å². The average molecular weight is 491 g/mol. The van der Waals surface area contributed by atoms with Crippen LogP contribution in [0.3, 0.4) is 0 Å². The summed E-state index contributed by atoms with van der Waals surface area (Å²) in [6, 6.07) is 8.21. The standard InChI is InChI=1S/C26H30N6O4/c1-28-15-20(14-27-28)22-16-31(26(36)29(2)25(22)35)17-24(34)30-10-8-21(9-11-30)32-12-7-18-5-3-4-6-19(18)13-23(32)33/h3-6,14-16,21H,7-13,17H2,1-2H3. The number of benzene rings is 1. The number of hydrogen-bond donors (Lipinski definition) is 0. The van der Waals surface area contributed by atoms with E-state index in [4.69, 9.17) is 0 Å². The van der Waals surface area contributed by atoms with Gasteiger partial charge < -0.3 is 9.80 Å². The molecule has 1 fully saturated rings. The summed E-state index contributed by atoms with van der Waals surface area (Å²) in [7, 11) is 3.16. The molecular weight excluding hydrogens is 460 g/mol. The fourth-order valence-electron chi connectivity index (χ4n) is 5.26. The summed E-state index contributed by atoms with van der Waals surface area (Å²) < 4.78 is 3.88. The molecule has 36 heavy (non-hydrogen) atoms. The van der Waals surface area contributed by atoms with Gasteiger partial charge in [0.25, 0.3) is 5.56 Å². The molecule has 0 unspecified atom stereocenters. The first-order valence-corrected chi connectivity index (χ1v) is 12.3. The molecule has 0 spiro atoms. The highest BCUT2D eigenvalue weighted by Gasteiger charge is 2.31. The van der Waals surface area contributed by atoms with Crippen molar-refractivity contribution >= 4 is 11.8 Å². The van der Waals surface area contributed by atoms with E-state index in [-0.39, 0.29) is 24.4 Å². The molecule has 1 aromatic carbocycles. The van der Waals surface area contributed by atoms with Crippen LogP contribution in [0.15, 0.2) is 52.4 Å². The molecule has 10 nitrogen and oxygen atoms in total. The molecule has 0 atom stereocenters. The van der Waals surface area contributed by atoms with E-state index in [0.717, 1.165) is 16.6 Å². The van der Waals surface area contributed by atoms with E-state index >= 15 is 0 Å². The Kier molecular flexibility index (Phi) is 6.34. The van der Waals surface area contributed by atoms with Crippen molar-refractivity contribution in [1.29, 1.82) is 0 Å². The van der Waals surface area contributed by atoms with Gasteiger partial charge in [0.1, 0.15) is 6.54 Å². The quantitative estimate of drug-likeness (QED) is 0.532. The topological polar surface area (TPSA) is 102 Å². The van der Waals surface area contributed by atoms with Crippen LogP contribution < -0.4 is 11.2 Å². The second-order valence-corrected chi connectivity index (χ2v) is 9.61. The molecule has 2 aliphatic rings. The van der Waals surface area contributed by atoms with Gasteiger partial charge in [-0.05, 0) is 30.4 Å². The molecule has 4 heterocycles. The van der Waals surface area contributed by atoms with Crippen LogP contribution in [0.25, 0.3) is 11.1 Å². The minimum Gasteiger partial charge on any atom is -0.341 e. The zero-order valence-electron chi connectivity index (χ0n) is 20.6. The number of nitrogens with zero attached hydrogens (tertiary/aromatic N) is 6. The van der Waals surface area contributed by atoms with Crippen molar-refractivity contribution in [1.82, 2.24) is 28.7 Å². The van der Waals surface area contributed by atoms with E-state index in [2.05, 4.69) is 11.2 Å². The lowest BCUT2D eigenvalue weighted by Gasteiger charge is -2.38. The second kappa shape index (κ2) is 9.60. The van der Waals surface area contributed by atoms with Crippen LogP contribution in [-0.4, -0.2) is 66.2 Å². The molecule has 3 aromatic rings. The van der Waals surface area contributed by atoms with Crippen LogP contribution in [0, 0.1) is 0 Å². The van der Waals surface area contributed by atoms with Gasteiger partial charge in [-0.1, -0.05) is 24.3 Å². The Morgan fingerprint density at radius 3 is 2.42 bits per heavy atom. The van der Waals surface area contributed by atoms with Gasteiger partial charge in [0.2, 0.25) is 11.8 Å². The lowest BCUT2D eigenvalue weighted by molar-refractivity contribution is -0.136. The van der Waals surface area contributed by atoms with Crippen molar-refractivity contribution in [2.45, 2.75) is 38.3 Å². The highest BCUT2D eigenvalue weighted by molar-refractivity contribution is 5.80. The van der Waals surface area contributed by atoms with E-state index in [1.54, 1.807) is 29.0 Å². The summed E-state index contributed by atoms with van der Waals surface area (Å²) in [4.78, 5) is 55.1. The lowest BCUT2D eigenvalue weighted by atomic mass is 10.0. The van der Waals surface area contributed by atoms with Crippen molar-refractivity contribution in [3.8, 4) is 11.1 Å². The van der Waals surface area contributed by atoms with Crippen molar-refractivity contribution in [3.63, 3.8) is 0 Å². The predicted octanol–water partition coefficient (Wildman–Crippen LogP) is 0.566. The number of fused-ring (bicyclic) bond motifs is 1. The first kappa shape index (κ1) is 23.8. The third-order valence-electron chi connectivity index (χ3n) is 7.33.